The second-order valence-electron chi connectivity index (χ2n) is 4.26. The van der Waals surface area contributed by atoms with Gasteiger partial charge in [-0.25, -0.2) is 9.37 Å². The molecule has 3 rings (SSSR count). The average Bonchev–Trinajstić information content (AvgIpc) is 3.02. The van der Waals surface area contributed by atoms with Crippen molar-refractivity contribution in [2.24, 2.45) is 0 Å². The molecule has 0 aliphatic carbocycles. The molecule has 0 aliphatic rings. The van der Waals surface area contributed by atoms with E-state index in [1.54, 1.807) is 12.1 Å². The number of amides is 1. The zero-order valence-corrected chi connectivity index (χ0v) is 12.5. The number of para-hydroxylation sites is 1. The highest BCUT2D eigenvalue weighted by Gasteiger charge is 2.12. The first kappa shape index (κ1) is 15.0. The summed E-state index contributed by atoms with van der Waals surface area (Å²) in [6.07, 6.45) is 4.24. The molecule has 0 unspecified atom stereocenters. The van der Waals surface area contributed by atoms with E-state index in [0.717, 1.165) is 11.3 Å². The molecule has 0 atom stereocenters. The van der Waals surface area contributed by atoms with Crippen molar-refractivity contribution in [1.29, 1.82) is 0 Å². The van der Waals surface area contributed by atoms with Crippen molar-refractivity contribution in [2.75, 3.05) is 5.32 Å². The molecule has 0 radical (unpaired) electrons. The molecule has 2 heterocycles. The highest BCUT2D eigenvalue weighted by atomic mass is 32.1. The normalized spacial score (nSPS) is 10.3. The molecule has 1 amide bonds. The highest BCUT2D eigenvalue weighted by molar-refractivity contribution is 7.15. The quantitative estimate of drug-likeness (QED) is 0.771. The van der Waals surface area contributed by atoms with E-state index in [0.29, 0.717) is 10.1 Å². The van der Waals surface area contributed by atoms with Crippen molar-refractivity contribution >= 4 is 22.4 Å². The van der Waals surface area contributed by atoms with Crippen LogP contribution in [0.1, 0.15) is 15.5 Å². The van der Waals surface area contributed by atoms with Crippen LogP contribution >= 0.6 is 11.3 Å². The average molecular weight is 331 g/mol. The van der Waals surface area contributed by atoms with E-state index in [1.807, 2.05) is 0 Å². The Kier molecular flexibility index (Phi) is 4.48. The fraction of sp³-hybridized carbons (Fsp3) is 0.0714. The molecule has 0 bridgehead atoms. The topological polar surface area (TPSA) is 89.9 Å². The monoisotopic (exact) mass is 331 g/mol. The van der Waals surface area contributed by atoms with Gasteiger partial charge in [0.2, 0.25) is 5.13 Å². The van der Waals surface area contributed by atoms with Crippen LogP contribution in [-0.4, -0.2) is 26.1 Å². The van der Waals surface area contributed by atoms with Crippen LogP contribution in [-0.2, 0) is 6.61 Å². The summed E-state index contributed by atoms with van der Waals surface area (Å²) in [7, 11) is 0. The third kappa shape index (κ3) is 3.83. The zero-order chi connectivity index (χ0) is 16.1. The van der Waals surface area contributed by atoms with Gasteiger partial charge in [0.1, 0.15) is 12.3 Å². The molecule has 1 N–H and O–H groups in total. The number of ether oxygens (including phenoxy) is 1. The number of hydrogen-bond donors (Lipinski definition) is 1. The van der Waals surface area contributed by atoms with Gasteiger partial charge in [-0.05, 0) is 12.1 Å². The van der Waals surface area contributed by atoms with E-state index < -0.39 is 11.7 Å². The molecule has 2 aromatic heterocycles. The summed E-state index contributed by atoms with van der Waals surface area (Å²) in [5, 5.41) is 11.1. The third-order valence-corrected chi connectivity index (χ3v) is 3.48. The maximum absolute atomic E-state index is 13.4. The van der Waals surface area contributed by atoms with Gasteiger partial charge in [0.15, 0.2) is 16.6 Å². The fourth-order valence-corrected chi connectivity index (χ4v) is 2.29. The van der Waals surface area contributed by atoms with Gasteiger partial charge in [-0.2, -0.15) is 0 Å². The number of nitrogens with one attached hydrogen (secondary N) is 1. The van der Waals surface area contributed by atoms with Crippen molar-refractivity contribution in [3.63, 3.8) is 0 Å². The Morgan fingerprint density at radius 3 is 2.91 bits per heavy atom. The number of hydrogen-bond acceptors (Lipinski definition) is 7. The number of carbonyl (C=O) groups excluding carboxylic acids is 1. The van der Waals surface area contributed by atoms with E-state index >= 15 is 0 Å². The second kappa shape index (κ2) is 6.88. The lowest BCUT2D eigenvalue weighted by molar-refractivity contribution is 0.102. The summed E-state index contributed by atoms with van der Waals surface area (Å²) < 4.78 is 18.8. The van der Waals surface area contributed by atoms with Crippen molar-refractivity contribution in [3.8, 4) is 5.75 Å². The van der Waals surface area contributed by atoms with Gasteiger partial charge in [-0.15, -0.1) is 10.2 Å². The molecular formula is C14H10FN5O2S. The van der Waals surface area contributed by atoms with Gasteiger partial charge in [-0.3, -0.25) is 15.1 Å². The summed E-state index contributed by atoms with van der Waals surface area (Å²) in [6.45, 7) is 0.0552. The van der Waals surface area contributed by atoms with E-state index in [2.05, 4.69) is 25.5 Å². The number of carbonyl (C=O) groups is 1. The van der Waals surface area contributed by atoms with Gasteiger partial charge in [0, 0.05) is 12.4 Å². The van der Waals surface area contributed by atoms with Crippen LogP contribution in [0.25, 0.3) is 0 Å². The van der Waals surface area contributed by atoms with Gasteiger partial charge in [-0.1, -0.05) is 23.5 Å². The summed E-state index contributed by atoms with van der Waals surface area (Å²) in [5.41, 5.74) is 0.173. The molecule has 3 aromatic rings. The molecule has 0 saturated carbocycles. The van der Waals surface area contributed by atoms with Crippen molar-refractivity contribution in [2.45, 2.75) is 6.61 Å². The summed E-state index contributed by atoms with van der Waals surface area (Å²) >= 11 is 1.13. The lowest BCUT2D eigenvalue weighted by Gasteiger charge is -2.03. The Balaban J connectivity index is 1.60. The minimum absolute atomic E-state index is 0.0552. The number of nitrogens with zero attached hydrogens (tertiary/aromatic N) is 4. The van der Waals surface area contributed by atoms with Crippen LogP contribution in [0.3, 0.4) is 0 Å². The molecule has 0 fully saturated rings. The van der Waals surface area contributed by atoms with Crippen LogP contribution < -0.4 is 10.1 Å². The maximum atomic E-state index is 13.4. The fourth-order valence-electron chi connectivity index (χ4n) is 1.64. The molecule has 0 spiro atoms. The van der Waals surface area contributed by atoms with Gasteiger partial charge in [0.05, 0.1) is 6.20 Å². The number of rotatable bonds is 5. The summed E-state index contributed by atoms with van der Waals surface area (Å²) in [5.74, 6) is -0.753. The number of anilines is 1. The summed E-state index contributed by atoms with van der Waals surface area (Å²) in [4.78, 5) is 19.6. The Morgan fingerprint density at radius 1 is 1.26 bits per heavy atom. The van der Waals surface area contributed by atoms with Crippen LogP contribution in [0.2, 0.25) is 0 Å². The summed E-state index contributed by atoms with van der Waals surface area (Å²) in [6, 6.07) is 6.08. The second-order valence-corrected chi connectivity index (χ2v) is 5.33. The minimum atomic E-state index is -0.451. The third-order valence-electron chi connectivity index (χ3n) is 2.67. The van der Waals surface area contributed by atoms with Gasteiger partial charge < -0.3 is 4.74 Å². The Morgan fingerprint density at radius 2 is 2.13 bits per heavy atom. The number of aromatic nitrogens is 4. The van der Waals surface area contributed by atoms with E-state index in [9.17, 15) is 9.18 Å². The van der Waals surface area contributed by atoms with Gasteiger partial charge >= 0.3 is 0 Å². The molecule has 0 aliphatic heterocycles. The number of benzene rings is 1. The lowest BCUT2D eigenvalue weighted by Crippen LogP contribution is -2.13. The molecular weight excluding hydrogens is 321 g/mol. The molecule has 0 saturated heterocycles. The van der Waals surface area contributed by atoms with Gasteiger partial charge in [0.25, 0.3) is 5.91 Å². The standard InChI is InChI=1S/C14H10FN5O2S/c15-9-3-1-2-4-11(9)22-8-12-19-20-14(23-12)18-13(21)10-7-16-5-6-17-10/h1-7H,8H2,(H,18,20,21). The first-order valence-electron chi connectivity index (χ1n) is 6.49. The highest BCUT2D eigenvalue weighted by Crippen LogP contribution is 2.20. The predicted octanol–water partition coefficient (Wildman–Crippen LogP) is 2.30. The predicted molar refractivity (Wildman–Crippen MR) is 80.6 cm³/mol. The Labute approximate surface area is 134 Å². The van der Waals surface area contributed by atoms with Crippen LogP contribution in [0.15, 0.2) is 42.9 Å². The van der Waals surface area contributed by atoms with E-state index in [1.165, 1.54) is 30.7 Å². The molecule has 23 heavy (non-hydrogen) atoms. The molecule has 7 nitrogen and oxygen atoms in total. The first-order chi connectivity index (χ1) is 11.2. The van der Waals surface area contributed by atoms with Crippen molar-refractivity contribution in [1.82, 2.24) is 20.2 Å². The van der Waals surface area contributed by atoms with E-state index in [-0.39, 0.29) is 18.1 Å². The van der Waals surface area contributed by atoms with Crippen molar-refractivity contribution in [3.05, 3.63) is 59.4 Å². The Bertz CT molecular complexity index is 812. The lowest BCUT2D eigenvalue weighted by atomic mass is 10.3. The minimum Gasteiger partial charge on any atom is -0.483 e. The maximum Gasteiger partial charge on any atom is 0.277 e. The van der Waals surface area contributed by atoms with Crippen LogP contribution in [0.5, 0.6) is 5.75 Å². The van der Waals surface area contributed by atoms with E-state index in [4.69, 9.17) is 4.74 Å². The zero-order valence-electron chi connectivity index (χ0n) is 11.6. The molecule has 1 aromatic carbocycles. The number of halogens is 1. The first-order valence-corrected chi connectivity index (χ1v) is 7.31. The van der Waals surface area contributed by atoms with Crippen molar-refractivity contribution < 1.29 is 13.9 Å². The molecule has 9 heteroatoms. The van der Waals surface area contributed by atoms with Crippen LogP contribution in [0, 0.1) is 5.82 Å². The SMILES string of the molecule is O=C(Nc1nnc(COc2ccccc2F)s1)c1cnccn1. The largest absolute Gasteiger partial charge is 0.483 e. The Hall–Kier alpha value is -2.94. The smallest absolute Gasteiger partial charge is 0.277 e. The molecule has 116 valence electrons. The van der Waals surface area contributed by atoms with Crippen LogP contribution in [0.4, 0.5) is 9.52 Å².